The van der Waals surface area contributed by atoms with E-state index in [-0.39, 0.29) is 0 Å². The highest BCUT2D eigenvalue weighted by molar-refractivity contribution is 5.05. The molecule has 0 aromatic carbocycles. The molecule has 0 saturated carbocycles. The maximum absolute atomic E-state index is 9.57. The van der Waals surface area contributed by atoms with Crippen LogP contribution in [0.3, 0.4) is 0 Å². The van der Waals surface area contributed by atoms with Crippen LogP contribution in [0.1, 0.15) is 39.5 Å². The molecule has 2 unspecified atom stereocenters. The first kappa shape index (κ1) is 8.79. The summed E-state index contributed by atoms with van der Waals surface area (Å²) in [6.07, 6.45) is 8.72. The highest BCUT2D eigenvalue weighted by atomic mass is 16.3. The van der Waals surface area contributed by atoms with Gasteiger partial charge in [0.1, 0.15) is 0 Å². The standard InChI is InChI=1S/C10H18O/c1-3-4-9-5-7-10(2,11)8-6-9/h5,7,9,11H,3-4,6,8H2,1-2H3. The molecule has 1 rings (SSSR count). The predicted molar refractivity (Wildman–Crippen MR) is 47.4 cm³/mol. The number of aliphatic hydroxyl groups is 1. The summed E-state index contributed by atoms with van der Waals surface area (Å²) in [5.74, 6) is 0.722. The van der Waals surface area contributed by atoms with Gasteiger partial charge in [-0.1, -0.05) is 25.5 Å². The highest BCUT2D eigenvalue weighted by Crippen LogP contribution is 2.27. The zero-order valence-electron chi connectivity index (χ0n) is 7.51. The van der Waals surface area contributed by atoms with Crippen molar-refractivity contribution in [2.45, 2.75) is 45.1 Å². The molecule has 11 heavy (non-hydrogen) atoms. The Hall–Kier alpha value is -0.300. The number of hydrogen-bond acceptors (Lipinski definition) is 1. The van der Waals surface area contributed by atoms with Gasteiger partial charge in [-0.2, -0.15) is 0 Å². The Morgan fingerprint density at radius 3 is 2.82 bits per heavy atom. The van der Waals surface area contributed by atoms with Crippen molar-refractivity contribution in [2.75, 3.05) is 0 Å². The molecule has 64 valence electrons. The van der Waals surface area contributed by atoms with Gasteiger partial charge in [0.2, 0.25) is 0 Å². The molecule has 1 N–H and O–H groups in total. The summed E-state index contributed by atoms with van der Waals surface area (Å²) >= 11 is 0. The average Bonchev–Trinajstić information content (AvgIpc) is 1.94. The molecule has 1 aliphatic carbocycles. The third-order valence-corrected chi connectivity index (χ3v) is 2.41. The van der Waals surface area contributed by atoms with E-state index in [4.69, 9.17) is 0 Å². The first-order valence-corrected chi connectivity index (χ1v) is 4.56. The van der Waals surface area contributed by atoms with Gasteiger partial charge in [-0.25, -0.2) is 0 Å². The lowest BCUT2D eigenvalue weighted by Gasteiger charge is -2.26. The highest BCUT2D eigenvalue weighted by Gasteiger charge is 2.22. The van der Waals surface area contributed by atoms with Gasteiger partial charge in [0.05, 0.1) is 5.60 Å². The topological polar surface area (TPSA) is 20.2 Å². The smallest absolute Gasteiger partial charge is 0.0800 e. The summed E-state index contributed by atoms with van der Waals surface area (Å²) in [7, 11) is 0. The largest absolute Gasteiger partial charge is 0.386 e. The van der Waals surface area contributed by atoms with E-state index in [9.17, 15) is 5.11 Å². The van der Waals surface area contributed by atoms with Crippen molar-refractivity contribution in [1.29, 1.82) is 0 Å². The van der Waals surface area contributed by atoms with Gasteiger partial charge in [-0.05, 0) is 32.1 Å². The van der Waals surface area contributed by atoms with Gasteiger partial charge in [0, 0.05) is 0 Å². The first-order chi connectivity index (χ1) is 5.14. The van der Waals surface area contributed by atoms with Crippen molar-refractivity contribution in [3.05, 3.63) is 12.2 Å². The van der Waals surface area contributed by atoms with Crippen LogP contribution >= 0.6 is 0 Å². The summed E-state index contributed by atoms with van der Waals surface area (Å²) in [6, 6.07) is 0. The number of rotatable bonds is 2. The monoisotopic (exact) mass is 154 g/mol. The van der Waals surface area contributed by atoms with E-state index in [2.05, 4.69) is 13.0 Å². The second kappa shape index (κ2) is 3.40. The van der Waals surface area contributed by atoms with Crippen molar-refractivity contribution in [3.63, 3.8) is 0 Å². The molecule has 1 aliphatic rings. The minimum atomic E-state index is -0.524. The quantitative estimate of drug-likeness (QED) is 0.606. The third kappa shape index (κ3) is 2.66. The molecule has 0 aromatic heterocycles. The van der Waals surface area contributed by atoms with Crippen molar-refractivity contribution in [3.8, 4) is 0 Å². The number of allylic oxidation sites excluding steroid dienone is 1. The molecule has 0 aromatic rings. The van der Waals surface area contributed by atoms with E-state index in [1.165, 1.54) is 12.8 Å². The van der Waals surface area contributed by atoms with Crippen LogP contribution in [0.5, 0.6) is 0 Å². The molecule has 2 atom stereocenters. The Balaban J connectivity index is 2.43. The van der Waals surface area contributed by atoms with Gasteiger partial charge >= 0.3 is 0 Å². The van der Waals surface area contributed by atoms with Crippen molar-refractivity contribution in [2.24, 2.45) is 5.92 Å². The lowest BCUT2D eigenvalue weighted by molar-refractivity contribution is 0.0874. The molecule has 0 spiro atoms. The lowest BCUT2D eigenvalue weighted by Crippen LogP contribution is -2.25. The van der Waals surface area contributed by atoms with Crippen LogP contribution in [-0.2, 0) is 0 Å². The average molecular weight is 154 g/mol. The lowest BCUT2D eigenvalue weighted by atomic mass is 9.84. The fourth-order valence-corrected chi connectivity index (χ4v) is 1.61. The van der Waals surface area contributed by atoms with Crippen LogP contribution in [-0.4, -0.2) is 10.7 Å². The Morgan fingerprint density at radius 2 is 2.36 bits per heavy atom. The van der Waals surface area contributed by atoms with Gasteiger partial charge in [0.25, 0.3) is 0 Å². The van der Waals surface area contributed by atoms with Crippen molar-refractivity contribution >= 4 is 0 Å². The molecule has 0 aliphatic heterocycles. The van der Waals surface area contributed by atoms with Gasteiger partial charge in [-0.3, -0.25) is 0 Å². The number of hydrogen-bond donors (Lipinski definition) is 1. The molecule has 1 heteroatoms. The summed E-state index contributed by atoms with van der Waals surface area (Å²) in [6.45, 7) is 4.09. The fourth-order valence-electron chi connectivity index (χ4n) is 1.61. The molecule has 0 fully saturated rings. The molecule has 0 saturated heterocycles. The van der Waals surface area contributed by atoms with Crippen LogP contribution in [0.4, 0.5) is 0 Å². The van der Waals surface area contributed by atoms with E-state index in [1.54, 1.807) is 0 Å². The van der Waals surface area contributed by atoms with E-state index in [0.717, 1.165) is 18.8 Å². The molecule has 0 radical (unpaired) electrons. The van der Waals surface area contributed by atoms with Crippen LogP contribution in [0.2, 0.25) is 0 Å². The van der Waals surface area contributed by atoms with Crippen LogP contribution in [0, 0.1) is 5.92 Å². The Bertz CT molecular complexity index is 147. The summed E-state index contributed by atoms with van der Waals surface area (Å²) in [4.78, 5) is 0. The van der Waals surface area contributed by atoms with Crippen LogP contribution < -0.4 is 0 Å². The summed E-state index contributed by atoms with van der Waals surface area (Å²) < 4.78 is 0. The minimum Gasteiger partial charge on any atom is -0.386 e. The molecular weight excluding hydrogens is 136 g/mol. The molecule has 0 bridgehead atoms. The molecule has 0 heterocycles. The van der Waals surface area contributed by atoms with Gasteiger partial charge in [0.15, 0.2) is 0 Å². The SMILES string of the molecule is CCCC1C=CC(C)(O)CC1. The second-order valence-corrected chi connectivity index (χ2v) is 3.80. The maximum atomic E-state index is 9.57. The van der Waals surface area contributed by atoms with E-state index >= 15 is 0 Å². The van der Waals surface area contributed by atoms with Crippen LogP contribution in [0.25, 0.3) is 0 Å². The molecule has 1 nitrogen and oxygen atoms in total. The van der Waals surface area contributed by atoms with Gasteiger partial charge < -0.3 is 5.11 Å². The predicted octanol–water partition coefficient (Wildman–Crippen LogP) is 2.50. The van der Waals surface area contributed by atoms with Crippen molar-refractivity contribution < 1.29 is 5.11 Å². The summed E-state index contributed by atoms with van der Waals surface area (Å²) in [5.41, 5.74) is -0.524. The Labute approximate surface area is 69.1 Å². The van der Waals surface area contributed by atoms with E-state index in [1.807, 2.05) is 13.0 Å². The van der Waals surface area contributed by atoms with Gasteiger partial charge in [-0.15, -0.1) is 0 Å². The zero-order valence-corrected chi connectivity index (χ0v) is 7.51. The maximum Gasteiger partial charge on any atom is 0.0800 e. The summed E-state index contributed by atoms with van der Waals surface area (Å²) in [5, 5.41) is 9.57. The second-order valence-electron chi connectivity index (χ2n) is 3.80. The van der Waals surface area contributed by atoms with Crippen LogP contribution in [0.15, 0.2) is 12.2 Å². The normalized spacial score (nSPS) is 37.5. The van der Waals surface area contributed by atoms with E-state index < -0.39 is 5.60 Å². The fraction of sp³-hybridized carbons (Fsp3) is 0.800. The Kier molecular flexibility index (Phi) is 2.72. The first-order valence-electron chi connectivity index (χ1n) is 4.56. The Morgan fingerprint density at radius 1 is 1.64 bits per heavy atom. The van der Waals surface area contributed by atoms with Crippen molar-refractivity contribution in [1.82, 2.24) is 0 Å². The third-order valence-electron chi connectivity index (χ3n) is 2.41. The molecule has 0 amide bonds. The van der Waals surface area contributed by atoms with E-state index in [0.29, 0.717) is 0 Å². The minimum absolute atomic E-state index is 0.524. The zero-order chi connectivity index (χ0) is 8.32. The molecular formula is C10H18O.